The summed E-state index contributed by atoms with van der Waals surface area (Å²) in [7, 11) is 0. The predicted octanol–water partition coefficient (Wildman–Crippen LogP) is -1.84. The van der Waals surface area contributed by atoms with E-state index in [0.29, 0.717) is 5.69 Å². The predicted molar refractivity (Wildman–Crippen MR) is 58.8 cm³/mol. The van der Waals surface area contributed by atoms with Crippen molar-refractivity contribution in [1.82, 2.24) is 9.97 Å². The molecule has 4 N–H and O–H groups in total. The monoisotopic (exact) mass is 229 g/mol. The number of nitrogens with zero attached hydrogens (tertiary/aromatic N) is 1. The highest BCUT2D eigenvalue weighted by Gasteiger charge is 2.13. The van der Waals surface area contributed by atoms with Crippen molar-refractivity contribution in [3.8, 4) is 0 Å². The van der Waals surface area contributed by atoms with Gasteiger partial charge in [0.25, 0.3) is 5.56 Å². The lowest BCUT2D eigenvalue weighted by Gasteiger charge is -2.22. The first-order valence-electron chi connectivity index (χ1n) is 4.90. The molecule has 0 spiro atoms. The molecule has 0 unspecified atom stereocenters. The maximum absolute atomic E-state index is 11.6. The summed E-state index contributed by atoms with van der Waals surface area (Å²) < 4.78 is 0. The third kappa shape index (κ3) is 2.71. The number of nitrogens with one attached hydrogen (secondary N) is 2. The highest BCUT2D eigenvalue weighted by Crippen LogP contribution is 2.09. The lowest BCUT2D eigenvalue weighted by atomic mass is 10.3. The van der Waals surface area contributed by atoms with E-state index < -0.39 is 11.2 Å². The molecule has 0 radical (unpaired) electrons. The summed E-state index contributed by atoms with van der Waals surface area (Å²) in [4.78, 5) is 28.6. The molecule has 0 fully saturated rings. The second kappa shape index (κ2) is 5.47. The van der Waals surface area contributed by atoms with Crippen LogP contribution in [0.3, 0.4) is 0 Å². The maximum atomic E-state index is 11.6. The number of aromatic nitrogens is 2. The van der Waals surface area contributed by atoms with Gasteiger partial charge in [-0.1, -0.05) is 0 Å². The number of aliphatic hydroxyl groups excluding tert-OH is 2. The topological polar surface area (TPSA) is 109 Å². The fraction of sp³-hybridized carbons (Fsp3) is 0.556. The molecule has 0 aliphatic heterocycles. The minimum absolute atomic E-state index is 0.141. The fourth-order valence-corrected chi connectivity index (χ4v) is 1.55. The van der Waals surface area contributed by atoms with Crippen LogP contribution in [-0.4, -0.2) is 46.5 Å². The number of anilines is 1. The van der Waals surface area contributed by atoms with E-state index in [2.05, 4.69) is 9.97 Å². The van der Waals surface area contributed by atoms with Crippen LogP contribution in [-0.2, 0) is 0 Å². The number of hydrogen-bond acceptors (Lipinski definition) is 5. The van der Waals surface area contributed by atoms with Crippen LogP contribution in [0.25, 0.3) is 0 Å². The average molecular weight is 229 g/mol. The van der Waals surface area contributed by atoms with Crippen LogP contribution in [0.1, 0.15) is 5.69 Å². The number of aliphatic hydroxyl groups is 2. The molecule has 1 aromatic heterocycles. The molecule has 7 nitrogen and oxygen atoms in total. The van der Waals surface area contributed by atoms with Crippen molar-refractivity contribution in [2.75, 3.05) is 31.2 Å². The van der Waals surface area contributed by atoms with Crippen LogP contribution in [0.5, 0.6) is 0 Å². The largest absolute Gasteiger partial charge is 0.395 e. The van der Waals surface area contributed by atoms with Crippen molar-refractivity contribution in [2.24, 2.45) is 0 Å². The van der Waals surface area contributed by atoms with Crippen LogP contribution in [0.4, 0.5) is 5.69 Å². The summed E-state index contributed by atoms with van der Waals surface area (Å²) in [5.41, 5.74) is -0.416. The molecule has 16 heavy (non-hydrogen) atoms. The van der Waals surface area contributed by atoms with Crippen molar-refractivity contribution < 1.29 is 10.2 Å². The van der Waals surface area contributed by atoms with Crippen LogP contribution in [0, 0.1) is 6.92 Å². The second-order valence-corrected chi connectivity index (χ2v) is 3.32. The summed E-state index contributed by atoms with van der Waals surface area (Å²) in [6, 6.07) is 0. The van der Waals surface area contributed by atoms with Gasteiger partial charge < -0.3 is 20.1 Å². The lowest BCUT2D eigenvalue weighted by Crippen LogP contribution is -2.37. The maximum Gasteiger partial charge on any atom is 0.326 e. The van der Waals surface area contributed by atoms with E-state index in [-0.39, 0.29) is 32.0 Å². The van der Waals surface area contributed by atoms with Gasteiger partial charge in [0.15, 0.2) is 0 Å². The molecule has 1 heterocycles. The van der Waals surface area contributed by atoms with Gasteiger partial charge in [0, 0.05) is 18.8 Å². The number of rotatable bonds is 5. The first kappa shape index (κ1) is 12.5. The summed E-state index contributed by atoms with van der Waals surface area (Å²) >= 11 is 0. The summed E-state index contributed by atoms with van der Waals surface area (Å²) in [5, 5.41) is 17.7. The van der Waals surface area contributed by atoms with E-state index in [1.807, 2.05) is 0 Å². The molecule has 90 valence electrons. The van der Waals surface area contributed by atoms with Gasteiger partial charge in [-0.15, -0.1) is 0 Å². The van der Waals surface area contributed by atoms with Crippen molar-refractivity contribution in [3.63, 3.8) is 0 Å². The first-order chi connectivity index (χ1) is 7.60. The van der Waals surface area contributed by atoms with Crippen molar-refractivity contribution in [2.45, 2.75) is 6.92 Å². The third-order valence-corrected chi connectivity index (χ3v) is 2.15. The molecular formula is C9H15N3O4. The van der Waals surface area contributed by atoms with Crippen LogP contribution in [0.15, 0.2) is 9.59 Å². The molecule has 0 bridgehead atoms. The van der Waals surface area contributed by atoms with Gasteiger partial charge in [-0.25, -0.2) is 4.79 Å². The van der Waals surface area contributed by atoms with Gasteiger partial charge in [-0.05, 0) is 6.92 Å². The van der Waals surface area contributed by atoms with Crippen LogP contribution < -0.4 is 16.1 Å². The Balaban J connectivity index is 3.18. The molecule has 0 amide bonds. The number of hydrogen-bond donors (Lipinski definition) is 4. The van der Waals surface area contributed by atoms with E-state index in [4.69, 9.17) is 10.2 Å². The Morgan fingerprint density at radius 2 is 1.69 bits per heavy atom. The van der Waals surface area contributed by atoms with Crippen molar-refractivity contribution >= 4 is 5.69 Å². The average Bonchev–Trinajstić information content (AvgIpc) is 2.16. The van der Waals surface area contributed by atoms with Gasteiger partial charge in [-0.2, -0.15) is 0 Å². The quantitative estimate of drug-likeness (QED) is 0.474. The molecular weight excluding hydrogens is 214 g/mol. The Hall–Kier alpha value is -1.60. The van der Waals surface area contributed by atoms with E-state index in [9.17, 15) is 9.59 Å². The highest BCUT2D eigenvalue weighted by molar-refractivity contribution is 5.47. The van der Waals surface area contributed by atoms with E-state index in [0.717, 1.165) is 0 Å². The minimum atomic E-state index is -0.570. The van der Waals surface area contributed by atoms with Gasteiger partial charge in [0.2, 0.25) is 0 Å². The Bertz CT molecular complexity index is 445. The zero-order chi connectivity index (χ0) is 12.1. The van der Waals surface area contributed by atoms with Crippen molar-refractivity contribution in [3.05, 3.63) is 26.5 Å². The Kier molecular flexibility index (Phi) is 4.27. The molecule has 0 atom stereocenters. The molecule has 0 aliphatic rings. The molecule has 0 aromatic carbocycles. The molecule has 1 aromatic rings. The van der Waals surface area contributed by atoms with Crippen molar-refractivity contribution in [1.29, 1.82) is 0 Å². The molecule has 0 saturated heterocycles. The number of aromatic amines is 2. The first-order valence-corrected chi connectivity index (χ1v) is 4.90. The standard InChI is InChI=1S/C9H15N3O4/c1-6-7(8(15)11-9(16)10-6)12(2-4-13)3-5-14/h13-14H,2-5H2,1H3,(H2,10,11,15,16). The molecule has 0 saturated carbocycles. The normalized spacial score (nSPS) is 10.4. The third-order valence-electron chi connectivity index (χ3n) is 2.15. The zero-order valence-corrected chi connectivity index (χ0v) is 8.99. The Morgan fingerprint density at radius 3 is 2.12 bits per heavy atom. The van der Waals surface area contributed by atoms with E-state index in [1.165, 1.54) is 4.90 Å². The van der Waals surface area contributed by atoms with E-state index >= 15 is 0 Å². The SMILES string of the molecule is Cc1[nH]c(=O)[nH]c(=O)c1N(CCO)CCO. The number of H-pyrrole nitrogens is 2. The van der Waals surface area contributed by atoms with Gasteiger partial charge in [0.05, 0.1) is 13.2 Å². The van der Waals surface area contributed by atoms with Crippen LogP contribution in [0.2, 0.25) is 0 Å². The molecule has 0 aliphatic carbocycles. The van der Waals surface area contributed by atoms with E-state index in [1.54, 1.807) is 6.92 Å². The molecule has 7 heteroatoms. The van der Waals surface area contributed by atoms with Crippen LogP contribution >= 0.6 is 0 Å². The summed E-state index contributed by atoms with van der Waals surface area (Å²) in [5.74, 6) is 0. The van der Waals surface area contributed by atoms with Gasteiger partial charge in [-0.3, -0.25) is 9.78 Å². The zero-order valence-electron chi connectivity index (χ0n) is 8.99. The Labute approximate surface area is 91.4 Å². The highest BCUT2D eigenvalue weighted by atomic mass is 16.3. The summed E-state index contributed by atoms with van der Waals surface area (Å²) in [6.45, 7) is 1.75. The number of aryl methyl sites for hydroxylation is 1. The van der Waals surface area contributed by atoms with Gasteiger partial charge >= 0.3 is 5.69 Å². The second-order valence-electron chi connectivity index (χ2n) is 3.32. The molecule has 1 rings (SSSR count). The minimum Gasteiger partial charge on any atom is -0.395 e. The smallest absolute Gasteiger partial charge is 0.326 e. The summed E-state index contributed by atoms with van der Waals surface area (Å²) in [6.07, 6.45) is 0. The van der Waals surface area contributed by atoms with Gasteiger partial charge in [0.1, 0.15) is 5.69 Å². The fourth-order valence-electron chi connectivity index (χ4n) is 1.55. The Morgan fingerprint density at radius 1 is 1.12 bits per heavy atom. The lowest BCUT2D eigenvalue weighted by molar-refractivity contribution is 0.281.